The van der Waals surface area contributed by atoms with Gasteiger partial charge >= 0.3 is 0 Å². The molecular weight excluding hydrogens is 308 g/mol. The van der Waals surface area contributed by atoms with Gasteiger partial charge in [0.1, 0.15) is 0 Å². The Morgan fingerprint density at radius 1 is 1.19 bits per heavy atom. The predicted molar refractivity (Wildman–Crippen MR) is 83.0 cm³/mol. The van der Waals surface area contributed by atoms with E-state index in [4.69, 9.17) is 20.7 Å². The molecule has 0 saturated carbocycles. The third-order valence-electron chi connectivity index (χ3n) is 3.33. The van der Waals surface area contributed by atoms with Gasteiger partial charge < -0.3 is 14.0 Å². The Balaban J connectivity index is 2.00. The van der Waals surface area contributed by atoms with Gasteiger partial charge in [-0.25, -0.2) is 4.21 Å². The summed E-state index contributed by atoms with van der Waals surface area (Å²) in [5.41, 5.74) is 2.76. The SMILES string of the molecule is Cc1ccc(S(=O)(O)=S)c(Cc2ccc3c(c2)OCO3)c1. The fourth-order valence-corrected chi connectivity index (χ4v) is 3.56. The second kappa shape index (κ2) is 5.29. The maximum Gasteiger partial charge on any atom is 0.231 e. The quantitative estimate of drug-likeness (QED) is 0.941. The standard InChI is InChI=1S/C15H14O4S2/c1-10-2-5-15(21(16,17)20)12(6-10)7-11-3-4-13-14(8-11)19-9-18-13/h2-6,8H,7,9H2,1H3,(H,16,17,20). The van der Waals surface area contributed by atoms with Crippen molar-refractivity contribution in [3.05, 3.63) is 53.1 Å². The molecule has 0 aliphatic carbocycles. The van der Waals surface area contributed by atoms with Crippen LogP contribution in [0.1, 0.15) is 16.7 Å². The smallest absolute Gasteiger partial charge is 0.231 e. The zero-order valence-corrected chi connectivity index (χ0v) is 13.0. The van der Waals surface area contributed by atoms with Gasteiger partial charge in [0.15, 0.2) is 20.3 Å². The molecule has 3 rings (SSSR count). The summed E-state index contributed by atoms with van der Waals surface area (Å²) >= 11 is 4.72. The minimum Gasteiger partial charge on any atom is -0.454 e. The van der Waals surface area contributed by atoms with Crippen molar-refractivity contribution in [2.75, 3.05) is 6.79 Å². The van der Waals surface area contributed by atoms with E-state index in [1.807, 2.05) is 31.2 Å². The van der Waals surface area contributed by atoms with Crippen LogP contribution >= 0.6 is 0 Å². The summed E-state index contributed by atoms with van der Waals surface area (Å²) in [5.74, 6) is 1.42. The summed E-state index contributed by atoms with van der Waals surface area (Å²) in [6.07, 6.45) is 0.516. The lowest BCUT2D eigenvalue weighted by atomic mass is 10.0. The van der Waals surface area contributed by atoms with Crippen LogP contribution in [0.2, 0.25) is 0 Å². The summed E-state index contributed by atoms with van der Waals surface area (Å²) in [6.45, 7) is 2.17. The third-order valence-corrected chi connectivity index (χ3v) is 4.82. The van der Waals surface area contributed by atoms with E-state index in [1.54, 1.807) is 12.1 Å². The molecule has 1 aliphatic rings. The molecule has 2 aromatic rings. The summed E-state index contributed by atoms with van der Waals surface area (Å²) in [7, 11) is -3.40. The van der Waals surface area contributed by atoms with Crippen LogP contribution in [-0.2, 0) is 26.4 Å². The lowest BCUT2D eigenvalue weighted by molar-refractivity contribution is 0.174. The van der Waals surface area contributed by atoms with Crippen molar-refractivity contribution in [3.8, 4) is 11.5 Å². The first kappa shape index (κ1) is 14.3. The number of benzene rings is 2. The van der Waals surface area contributed by atoms with Crippen molar-refractivity contribution in [1.82, 2.24) is 0 Å². The molecule has 4 nitrogen and oxygen atoms in total. The molecule has 6 heteroatoms. The highest BCUT2D eigenvalue weighted by molar-refractivity contribution is 8.29. The van der Waals surface area contributed by atoms with E-state index in [0.717, 1.165) is 22.4 Å². The van der Waals surface area contributed by atoms with Gasteiger partial charge in [-0.1, -0.05) is 23.8 Å². The Morgan fingerprint density at radius 2 is 1.95 bits per heavy atom. The number of hydrogen-bond donors (Lipinski definition) is 1. The molecule has 0 fully saturated rings. The van der Waals surface area contributed by atoms with Crippen LogP contribution in [0.15, 0.2) is 41.3 Å². The minimum absolute atomic E-state index is 0.227. The Morgan fingerprint density at radius 3 is 2.71 bits per heavy atom. The molecule has 1 unspecified atom stereocenters. The highest BCUT2D eigenvalue weighted by Gasteiger charge is 2.16. The second-order valence-electron chi connectivity index (χ2n) is 4.95. The summed E-state index contributed by atoms with van der Waals surface area (Å²) in [6, 6.07) is 11.0. The molecular formula is C15H14O4S2. The van der Waals surface area contributed by atoms with Crippen molar-refractivity contribution in [1.29, 1.82) is 0 Å². The van der Waals surface area contributed by atoms with Crippen molar-refractivity contribution in [3.63, 3.8) is 0 Å². The van der Waals surface area contributed by atoms with Gasteiger partial charge in [-0.05, 0) is 42.7 Å². The third kappa shape index (κ3) is 3.02. The van der Waals surface area contributed by atoms with Gasteiger partial charge in [-0.15, -0.1) is 0 Å². The summed E-state index contributed by atoms with van der Waals surface area (Å²) in [4.78, 5) is 0.306. The summed E-state index contributed by atoms with van der Waals surface area (Å²) < 4.78 is 32.1. The van der Waals surface area contributed by atoms with Crippen LogP contribution in [0.5, 0.6) is 11.5 Å². The van der Waals surface area contributed by atoms with Gasteiger partial charge in [0.25, 0.3) is 0 Å². The molecule has 21 heavy (non-hydrogen) atoms. The number of rotatable bonds is 3. The Hall–Kier alpha value is -1.63. The topological polar surface area (TPSA) is 55.8 Å². The van der Waals surface area contributed by atoms with Crippen LogP contribution < -0.4 is 9.47 Å². The van der Waals surface area contributed by atoms with E-state index >= 15 is 0 Å². The lowest BCUT2D eigenvalue weighted by Gasteiger charge is -2.10. The minimum atomic E-state index is -3.40. The monoisotopic (exact) mass is 322 g/mol. The van der Waals surface area contributed by atoms with Gasteiger partial charge in [-0.2, -0.15) is 0 Å². The second-order valence-corrected chi connectivity index (χ2v) is 7.70. The average molecular weight is 322 g/mol. The molecule has 0 radical (unpaired) electrons. The van der Waals surface area contributed by atoms with Crippen LogP contribution in [-0.4, -0.2) is 15.6 Å². The zero-order valence-electron chi connectivity index (χ0n) is 11.4. The van der Waals surface area contributed by atoms with E-state index in [9.17, 15) is 8.76 Å². The largest absolute Gasteiger partial charge is 0.454 e. The van der Waals surface area contributed by atoms with Gasteiger partial charge in [0, 0.05) is 11.2 Å². The highest BCUT2D eigenvalue weighted by atomic mass is 32.8. The van der Waals surface area contributed by atoms with Crippen LogP contribution in [0.3, 0.4) is 0 Å². The Kier molecular flexibility index (Phi) is 3.61. The van der Waals surface area contributed by atoms with Gasteiger partial charge in [0.05, 0.1) is 4.90 Å². The lowest BCUT2D eigenvalue weighted by Crippen LogP contribution is -2.03. The molecule has 0 spiro atoms. The van der Waals surface area contributed by atoms with E-state index in [1.165, 1.54) is 0 Å². The Labute approximate surface area is 128 Å². The molecule has 0 saturated heterocycles. The predicted octanol–water partition coefficient (Wildman–Crippen LogP) is 2.89. The van der Waals surface area contributed by atoms with E-state index in [-0.39, 0.29) is 6.79 Å². The van der Waals surface area contributed by atoms with E-state index in [2.05, 4.69) is 0 Å². The molecule has 1 N–H and O–H groups in total. The average Bonchev–Trinajstić information content (AvgIpc) is 2.84. The maximum absolute atomic E-state index is 11.8. The first-order valence-electron chi connectivity index (χ1n) is 6.39. The molecule has 110 valence electrons. The van der Waals surface area contributed by atoms with Crippen LogP contribution in [0, 0.1) is 6.92 Å². The number of ether oxygens (including phenoxy) is 2. The molecule has 2 aromatic carbocycles. The highest BCUT2D eigenvalue weighted by Crippen LogP contribution is 2.33. The first-order chi connectivity index (χ1) is 9.93. The molecule has 0 aromatic heterocycles. The Bertz CT molecular complexity index is 797. The first-order valence-corrected chi connectivity index (χ1v) is 8.83. The number of aryl methyl sites for hydroxylation is 1. The molecule has 0 amide bonds. The van der Waals surface area contributed by atoms with E-state index < -0.39 is 8.77 Å². The maximum atomic E-state index is 11.8. The van der Waals surface area contributed by atoms with Crippen molar-refractivity contribution >= 4 is 20.0 Å². The molecule has 1 atom stereocenters. The van der Waals surface area contributed by atoms with Gasteiger partial charge in [0.2, 0.25) is 6.79 Å². The van der Waals surface area contributed by atoms with Crippen LogP contribution in [0.4, 0.5) is 0 Å². The van der Waals surface area contributed by atoms with Crippen molar-refractivity contribution in [2.45, 2.75) is 18.2 Å². The molecule has 1 heterocycles. The van der Waals surface area contributed by atoms with Crippen molar-refractivity contribution < 1.29 is 18.2 Å². The van der Waals surface area contributed by atoms with Gasteiger partial charge in [-0.3, -0.25) is 0 Å². The fourth-order valence-electron chi connectivity index (χ4n) is 2.37. The number of fused-ring (bicyclic) bond motifs is 1. The number of hydrogen-bond acceptors (Lipinski definition) is 4. The normalized spacial score (nSPS) is 15.7. The van der Waals surface area contributed by atoms with Crippen molar-refractivity contribution in [2.24, 2.45) is 0 Å². The zero-order chi connectivity index (χ0) is 15.0. The molecule has 1 aliphatic heterocycles. The molecule has 0 bridgehead atoms. The van der Waals surface area contributed by atoms with E-state index in [0.29, 0.717) is 17.1 Å². The fraction of sp³-hybridized carbons (Fsp3) is 0.200. The summed E-state index contributed by atoms with van der Waals surface area (Å²) in [5, 5.41) is 0. The van der Waals surface area contributed by atoms with Crippen LogP contribution in [0.25, 0.3) is 0 Å².